The second-order valence-electron chi connectivity index (χ2n) is 4.39. The van der Waals surface area contributed by atoms with Gasteiger partial charge in [-0.3, -0.25) is 4.79 Å². The Morgan fingerprint density at radius 3 is 2.11 bits per heavy atom. The molecule has 0 bridgehead atoms. The molecule has 1 aromatic carbocycles. The van der Waals surface area contributed by atoms with E-state index < -0.39 is 11.9 Å². The number of carbonyl (C=O) groups excluding carboxylic acids is 1. The van der Waals surface area contributed by atoms with E-state index in [0.717, 1.165) is 28.5 Å². The Bertz CT molecular complexity index is 507. The predicted molar refractivity (Wildman–Crippen MR) is 70.7 cm³/mol. The fraction of sp³-hybridized carbons (Fsp3) is 0.286. The van der Waals surface area contributed by atoms with Crippen molar-refractivity contribution in [1.82, 2.24) is 0 Å². The van der Waals surface area contributed by atoms with Gasteiger partial charge in [-0.05, 0) is 38.8 Å². The highest BCUT2D eigenvalue weighted by atomic mass is 16.4. The van der Waals surface area contributed by atoms with Crippen molar-refractivity contribution in [3.8, 4) is 0 Å². The standard InChI is InChI=1S/C14H17NO3/c1-8-5-9(2)13(10(3)6-8)15-14(18)11(4)7-12(16)17/h5-7H,1-4H3,(H,15,18)(H,16,17)/b11-7-. The van der Waals surface area contributed by atoms with Crippen LogP contribution in [0, 0.1) is 20.8 Å². The summed E-state index contributed by atoms with van der Waals surface area (Å²) < 4.78 is 0. The van der Waals surface area contributed by atoms with E-state index in [1.165, 1.54) is 6.92 Å². The number of hydrogen-bond acceptors (Lipinski definition) is 2. The van der Waals surface area contributed by atoms with Crippen LogP contribution >= 0.6 is 0 Å². The van der Waals surface area contributed by atoms with Crippen LogP contribution in [0.5, 0.6) is 0 Å². The van der Waals surface area contributed by atoms with Gasteiger partial charge in [0.1, 0.15) is 0 Å². The maximum atomic E-state index is 11.8. The molecule has 0 radical (unpaired) electrons. The number of carboxylic acid groups (broad SMARTS) is 1. The third-order valence-corrected chi connectivity index (χ3v) is 2.61. The van der Waals surface area contributed by atoms with Gasteiger partial charge in [-0.15, -0.1) is 0 Å². The first-order chi connectivity index (χ1) is 8.31. The van der Waals surface area contributed by atoms with Crippen LogP contribution in [-0.2, 0) is 9.59 Å². The van der Waals surface area contributed by atoms with E-state index in [9.17, 15) is 9.59 Å². The van der Waals surface area contributed by atoms with Crippen molar-refractivity contribution in [2.24, 2.45) is 0 Å². The molecule has 4 heteroatoms. The summed E-state index contributed by atoms with van der Waals surface area (Å²) in [6.45, 7) is 7.28. The van der Waals surface area contributed by atoms with Gasteiger partial charge in [0.2, 0.25) is 0 Å². The molecule has 1 amide bonds. The molecule has 4 nitrogen and oxygen atoms in total. The molecule has 0 aliphatic rings. The summed E-state index contributed by atoms with van der Waals surface area (Å²) in [6.07, 6.45) is 0.897. The molecule has 0 aromatic heterocycles. The van der Waals surface area contributed by atoms with Crippen LogP contribution in [0.4, 0.5) is 5.69 Å². The molecule has 0 saturated carbocycles. The molecule has 1 aromatic rings. The summed E-state index contributed by atoms with van der Waals surface area (Å²) in [5.74, 6) is -1.52. The Balaban J connectivity index is 2.99. The van der Waals surface area contributed by atoms with Crippen LogP contribution in [0.1, 0.15) is 23.6 Å². The number of rotatable bonds is 3. The van der Waals surface area contributed by atoms with Gasteiger partial charge in [-0.25, -0.2) is 4.79 Å². The average molecular weight is 247 g/mol. The number of benzene rings is 1. The van der Waals surface area contributed by atoms with Gasteiger partial charge in [-0.1, -0.05) is 17.7 Å². The first-order valence-electron chi connectivity index (χ1n) is 5.61. The fourth-order valence-corrected chi connectivity index (χ4v) is 1.84. The number of aliphatic carboxylic acids is 1. The minimum Gasteiger partial charge on any atom is -0.478 e. The van der Waals surface area contributed by atoms with Crippen LogP contribution in [0.25, 0.3) is 0 Å². The van der Waals surface area contributed by atoms with Crippen molar-refractivity contribution in [1.29, 1.82) is 0 Å². The highest BCUT2D eigenvalue weighted by molar-refractivity contribution is 6.06. The number of hydrogen-bond donors (Lipinski definition) is 2. The minimum absolute atomic E-state index is 0.168. The van der Waals surface area contributed by atoms with E-state index in [-0.39, 0.29) is 5.57 Å². The third-order valence-electron chi connectivity index (χ3n) is 2.61. The van der Waals surface area contributed by atoms with Crippen LogP contribution < -0.4 is 5.32 Å². The first kappa shape index (κ1) is 14.0. The molecule has 18 heavy (non-hydrogen) atoms. The average Bonchev–Trinajstić information content (AvgIpc) is 2.21. The second-order valence-corrected chi connectivity index (χ2v) is 4.39. The zero-order valence-electron chi connectivity index (χ0n) is 11.0. The molecule has 0 unspecified atom stereocenters. The lowest BCUT2D eigenvalue weighted by Gasteiger charge is -2.12. The maximum absolute atomic E-state index is 11.8. The van der Waals surface area contributed by atoms with Crippen LogP contribution in [0.2, 0.25) is 0 Å². The summed E-state index contributed by atoms with van der Waals surface area (Å²) in [6, 6.07) is 3.94. The Morgan fingerprint density at radius 2 is 1.67 bits per heavy atom. The predicted octanol–water partition coefficient (Wildman–Crippen LogP) is 2.58. The molecule has 0 atom stereocenters. The molecule has 0 fully saturated rings. The Kier molecular flexibility index (Phi) is 4.26. The van der Waals surface area contributed by atoms with Crippen molar-refractivity contribution in [2.75, 3.05) is 5.32 Å². The Hall–Kier alpha value is -2.10. The monoisotopic (exact) mass is 247 g/mol. The van der Waals surface area contributed by atoms with Crippen molar-refractivity contribution in [3.05, 3.63) is 40.5 Å². The Labute approximate surface area is 106 Å². The first-order valence-corrected chi connectivity index (χ1v) is 5.61. The molecule has 0 spiro atoms. The molecular formula is C14H17NO3. The number of carbonyl (C=O) groups is 2. The number of aryl methyl sites for hydroxylation is 3. The highest BCUT2D eigenvalue weighted by Crippen LogP contribution is 2.22. The number of amides is 1. The van der Waals surface area contributed by atoms with Gasteiger partial charge < -0.3 is 10.4 Å². The van der Waals surface area contributed by atoms with E-state index in [1.807, 2.05) is 32.9 Å². The van der Waals surface area contributed by atoms with E-state index in [2.05, 4.69) is 5.32 Å². The molecule has 2 N–H and O–H groups in total. The zero-order chi connectivity index (χ0) is 13.9. The summed E-state index contributed by atoms with van der Waals surface area (Å²) in [7, 11) is 0. The fourth-order valence-electron chi connectivity index (χ4n) is 1.84. The van der Waals surface area contributed by atoms with Crippen LogP contribution in [-0.4, -0.2) is 17.0 Å². The summed E-state index contributed by atoms with van der Waals surface area (Å²) in [5, 5.41) is 11.3. The molecule has 0 aliphatic heterocycles. The van der Waals surface area contributed by atoms with Gasteiger partial charge in [0.05, 0.1) is 0 Å². The van der Waals surface area contributed by atoms with Crippen molar-refractivity contribution in [2.45, 2.75) is 27.7 Å². The lowest BCUT2D eigenvalue weighted by atomic mass is 10.0. The van der Waals surface area contributed by atoms with Crippen molar-refractivity contribution < 1.29 is 14.7 Å². The van der Waals surface area contributed by atoms with Crippen LogP contribution in [0.3, 0.4) is 0 Å². The van der Waals surface area contributed by atoms with Gasteiger partial charge in [0, 0.05) is 17.3 Å². The lowest BCUT2D eigenvalue weighted by Crippen LogP contribution is -2.15. The third kappa shape index (κ3) is 3.45. The van der Waals surface area contributed by atoms with E-state index in [4.69, 9.17) is 5.11 Å². The summed E-state index contributed by atoms with van der Waals surface area (Å²) >= 11 is 0. The van der Waals surface area contributed by atoms with Gasteiger partial charge in [-0.2, -0.15) is 0 Å². The number of nitrogens with one attached hydrogen (secondary N) is 1. The SMILES string of the molecule is C/C(=C/C(=O)O)C(=O)Nc1c(C)cc(C)cc1C. The van der Waals surface area contributed by atoms with E-state index in [0.29, 0.717) is 0 Å². The minimum atomic E-state index is -1.13. The summed E-state index contributed by atoms with van der Waals surface area (Å²) in [4.78, 5) is 22.3. The molecule has 0 heterocycles. The van der Waals surface area contributed by atoms with Gasteiger partial charge >= 0.3 is 5.97 Å². The zero-order valence-corrected chi connectivity index (χ0v) is 11.0. The normalized spacial score (nSPS) is 11.2. The maximum Gasteiger partial charge on any atom is 0.328 e. The number of carboxylic acids is 1. The van der Waals surface area contributed by atoms with Crippen molar-refractivity contribution in [3.63, 3.8) is 0 Å². The molecule has 0 saturated heterocycles. The van der Waals surface area contributed by atoms with E-state index in [1.54, 1.807) is 0 Å². The Morgan fingerprint density at radius 1 is 1.17 bits per heavy atom. The van der Waals surface area contributed by atoms with E-state index >= 15 is 0 Å². The molecule has 96 valence electrons. The van der Waals surface area contributed by atoms with Crippen molar-refractivity contribution >= 4 is 17.6 Å². The highest BCUT2D eigenvalue weighted by Gasteiger charge is 2.10. The second kappa shape index (κ2) is 5.49. The van der Waals surface area contributed by atoms with Gasteiger partial charge in [0.15, 0.2) is 0 Å². The largest absolute Gasteiger partial charge is 0.478 e. The smallest absolute Gasteiger partial charge is 0.328 e. The quantitative estimate of drug-likeness (QED) is 0.807. The van der Waals surface area contributed by atoms with Gasteiger partial charge in [0.25, 0.3) is 5.91 Å². The molecule has 1 rings (SSSR count). The molecule has 0 aliphatic carbocycles. The summed E-state index contributed by atoms with van der Waals surface area (Å²) in [5.41, 5.74) is 3.96. The lowest BCUT2D eigenvalue weighted by molar-refractivity contribution is -0.131. The number of anilines is 1. The molecular weight excluding hydrogens is 230 g/mol. The topological polar surface area (TPSA) is 66.4 Å². The van der Waals surface area contributed by atoms with Crippen LogP contribution in [0.15, 0.2) is 23.8 Å².